The molecule has 2 amide bonds. The number of aryl methyl sites for hydroxylation is 1. The normalized spacial score (nSPS) is 14.2. The summed E-state index contributed by atoms with van der Waals surface area (Å²) in [6.07, 6.45) is 3.72. The summed E-state index contributed by atoms with van der Waals surface area (Å²) in [5.74, 6) is 0.715. The van der Waals surface area contributed by atoms with E-state index in [9.17, 15) is 9.59 Å². The van der Waals surface area contributed by atoms with Crippen molar-refractivity contribution in [3.63, 3.8) is 0 Å². The van der Waals surface area contributed by atoms with E-state index in [1.54, 1.807) is 4.90 Å². The number of carbonyl (C=O) groups excluding carboxylic acids is 2. The SMILES string of the molecule is CCCc1ccc(OCC(=O)NCCN2CCCC2=O)cc1. The number of hydrogen-bond acceptors (Lipinski definition) is 3. The number of likely N-dealkylation sites (tertiary alicyclic amines) is 1. The molecule has 0 aromatic heterocycles. The van der Waals surface area contributed by atoms with Gasteiger partial charge in [0.05, 0.1) is 0 Å². The molecule has 22 heavy (non-hydrogen) atoms. The van der Waals surface area contributed by atoms with Crippen LogP contribution >= 0.6 is 0 Å². The number of nitrogens with zero attached hydrogens (tertiary/aromatic N) is 1. The Balaban J connectivity index is 1.63. The average Bonchev–Trinajstić information content (AvgIpc) is 2.92. The van der Waals surface area contributed by atoms with Gasteiger partial charge in [-0.15, -0.1) is 0 Å². The fourth-order valence-electron chi connectivity index (χ4n) is 2.51. The molecule has 1 heterocycles. The van der Waals surface area contributed by atoms with Crippen molar-refractivity contribution in [3.8, 4) is 5.75 Å². The molecular formula is C17H24N2O3. The van der Waals surface area contributed by atoms with E-state index in [-0.39, 0.29) is 18.4 Å². The number of ether oxygens (including phenoxy) is 1. The lowest BCUT2D eigenvalue weighted by molar-refractivity contribution is -0.128. The van der Waals surface area contributed by atoms with Gasteiger partial charge in [-0.1, -0.05) is 25.5 Å². The molecule has 5 nitrogen and oxygen atoms in total. The molecule has 5 heteroatoms. The molecule has 1 aromatic carbocycles. The van der Waals surface area contributed by atoms with Gasteiger partial charge >= 0.3 is 0 Å². The summed E-state index contributed by atoms with van der Waals surface area (Å²) in [5.41, 5.74) is 1.27. The van der Waals surface area contributed by atoms with Crippen LogP contribution < -0.4 is 10.1 Å². The Kier molecular flexibility index (Phi) is 6.25. The van der Waals surface area contributed by atoms with Crippen molar-refractivity contribution in [1.29, 1.82) is 0 Å². The van der Waals surface area contributed by atoms with Crippen LogP contribution in [-0.4, -0.2) is 43.0 Å². The van der Waals surface area contributed by atoms with Crippen molar-refractivity contribution in [2.24, 2.45) is 0 Å². The van der Waals surface area contributed by atoms with Crippen LogP contribution in [0.1, 0.15) is 31.7 Å². The maximum atomic E-state index is 11.7. The van der Waals surface area contributed by atoms with Crippen LogP contribution in [0.4, 0.5) is 0 Å². The van der Waals surface area contributed by atoms with Crippen molar-refractivity contribution in [2.45, 2.75) is 32.6 Å². The molecule has 1 fully saturated rings. The summed E-state index contributed by atoms with van der Waals surface area (Å²) in [7, 11) is 0. The van der Waals surface area contributed by atoms with Crippen LogP contribution in [0.25, 0.3) is 0 Å². The van der Waals surface area contributed by atoms with E-state index in [0.717, 1.165) is 25.8 Å². The van der Waals surface area contributed by atoms with Crippen LogP contribution in [0.2, 0.25) is 0 Å². The smallest absolute Gasteiger partial charge is 0.258 e. The van der Waals surface area contributed by atoms with E-state index in [1.807, 2.05) is 24.3 Å². The van der Waals surface area contributed by atoms with Crippen LogP contribution in [0, 0.1) is 0 Å². The predicted octanol–water partition coefficient (Wildman–Crippen LogP) is 1.76. The Labute approximate surface area is 131 Å². The molecule has 1 aliphatic rings. The molecule has 1 N–H and O–H groups in total. The molecule has 0 spiro atoms. The summed E-state index contributed by atoms with van der Waals surface area (Å²) < 4.78 is 5.45. The van der Waals surface area contributed by atoms with Crippen molar-refractivity contribution in [2.75, 3.05) is 26.2 Å². The molecule has 2 rings (SSSR count). The molecule has 1 aromatic rings. The van der Waals surface area contributed by atoms with Crippen LogP contribution in [0.5, 0.6) is 5.75 Å². The van der Waals surface area contributed by atoms with Crippen molar-refractivity contribution in [3.05, 3.63) is 29.8 Å². The fraction of sp³-hybridized carbons (Fsp3) is 0.529. The van der Waals surface area contributed by atoms with Gasteiger partial charge in [0, 0.05) is 26.1 Å². The number of amides is 2. The number of hydrogen-bond donors (Lipinski definition) is 1. The van der Waals surface area contributed by atoms with Gasteiger partial charge in [0.25, 0.3) is 5.91 Å². The van der Waals surface area contributed by atoms with Gasteiger partial charge in [0.1, 0.15) is 5.75 Å². The first-order valence-corrected chi connectivity index (χ1v) is 7.95. The highest BCUT2D eigenvalue weighted by Gasteiger charge is 2.19. The number of benzene rings is 1. The minimum atomic E-state index is -0.163. The van der Waals surface area contributed by atoms with Gasteiger partial charge in [-0.05, 0) is 30.5 Å². The van der Waals surface area contributed by atoms with E-state index in [4.69, 9.17) is 4.74 Å². The molecule has 1 saturated heterocycles. The van der Waals surface area contributed by atoms with Crippen LogP contribution in [0.15, 0.2) is 24.3 Å². The first kappa shape index (κ1) is 16.3. The molecule has 0 radical (unpaired) electrons. The quantitative estimate of drug-likeness (QED) is 0.796. The third-order valence-corrected chi connectivity index (χ3v) is 3.71. The zero-order chi connectivity index (χ0) is 15.8. The first-order chi connectivity index (χ1) is 10.7. The fourth-order valence-corrected chi connectivity index (χ4v) is 2.51. The van der Waals surface area contributed by atoms with Gasteiger partial charge in [-0.2, -0.15) is 0 Å². The summed E-state index contributed by atoms with van der Waals surface area (Å²) in [6.45, 7) is 4.00. The Morgan fingerprint density at radius 1 is 1.32 bits per heavy atom. The lowest BCUT2D eigenvalue weighted by atomic mass is 10.1. The molecule has 0 bridgehead atoms. The van der Waals surface area contributed by atoms with Crippen molar-refractivity contribution in [1.82, 2.24) is 10.2 Å². The maximum Gasteiger partial charge on any atom is 0.258 e. The Hall–Kier alpha value is -2.04. The van der Waals surface area contributed by atoms with Gasteiger partial charge < -0.3 is 15.0 Å². The standard InChI is InChI=1S/C17H24N2O3/c1-2-4-14-6-8-15(9-7-14)22-13-16(20)18-10-12-19-11-3-5-17(19)21/h6-9H,2-5,10-13H2,1H3,(H,18,20). The topological polar surface area (TPSA) is 58.6 Å². The third kappa shape index (κ3) is 5.06. The highest BCUT2D eigenvalue weighted by molar-refractivity contribution is 5.79. The molecule has 0 unspecified atom stereocenters. The second-order valence-electron chi connectivity index (χ2n) is 5.52. The first-order valence-electron chi connectivity index (χ1n) is 7.95. The largest absolute Gasteiger partial charge is 0.484 e. The number of rotatable bonds is 8. The van der Waals surface area contributed by atoms with Crippen LogP contribution in [-0.2, 0) is 16.0 Å². The lowest BCUT2D eigenvalue weighted by Crippen LogP contribution is -2.37. The third-order valence-electron chi connectivity index (χ3n) is 3.71. The monoisotopic (exact) mass is 304 g/mol. The molecule has 120 valence electrons. The molecule has 1 aliphatic heterocycles. The summed E-state index contributed by atoms with van der Waals surface area (Å²) >= 11 is 0. The second kappa shape index (κ2) is 8.41. The Morgan fingerprint density at radius 2 is 2.09 bits per heavy atom. The Bertz CT molecular complexity index is 499. The van der Waals surface area contributed by atoms with E-state index in [0.29, 0.717) is 25.3 Å². The highest BCUT2D eigenvalue weighted by atomic mass is 16.5. The highest BCUT2D eigenvalue weighted by Crippen LogP contribution is 2.13. The molecule has 0 saturated carbocycles. The van der Waals surface area contributed by atoms with E-state index in [1.165, 1.54) is 5.56 Å². The van der Waals surface area contributed by atoms with Gasteiger partial charge in [0.15, 0.2) is 6.61 Å². The maximum absolute atomic E-state index is 11.7. The van der Waals surface area contributed by atoms with Crippen molar-refractivity contribution >= 4 is 11.8 Å². The van der Waals surface area contributed by atoms with Crippen molar-refractivity contribution < 1.29 is 14.3 Å². The minimum Gasteiger partial charge on any atom is -0.484 e. The summed E-state index contributed by atoms with van der Waals surface area (Å²) in [6, 6.07) is 7.83. The average molecular weight is 304 g/mol. The zero-order valence-corrected chi connectivity index (χ0v) is 13.1. The molecule has 0 aliphatic carbocycles. The Morgan fingerprint density at radius 3 is 2.73 bits per heavy atom. The predicted molar refractivity (Wildman–Crippen MR) is 84.8 cm³/mol. The van der Waals surface area contributed by atoms with Gasteiger partial charge in [-0.25, -0.2) is 0 Å². The molecular weight excluding hydrogens is 280 g/mol. The van der Waals surface area contributed by atoms with Crippen LogP contribution in [0.3, 0.4) is 0 Å². The summed E-state index contributed by atoms with van der Waals surface area (Å²) in [4.78, 5) is 24.9. The zero-order valence-electron chi connectivity index (χ0n) is 13.1. The minimum absolute atomic E-state index is 0.00106. The summed E-state index contributed by atoms with van der Waals surface area (Å²) in [5, 5.41) is 2.77. The van der Waals surface area contributed by atoms with E-state index >= 15 is 0 Å². The van der Waals surface area contributed by atoms with Gasteiger partial charge in [-0.3, -0.25) is 9.59 Å². The van der Waals surface area contributed by atoms with E-state index < -0.39 is 0 Å². The molecule has 0 atom stereocenters. The lowest BCUT2D eigenvalue weighted by Gasteiger charge is -2.15. The number of carbonyl (C=O) groups is 2. The van der Waals surface area contributed by atoms with Gasteiger partial charge in [0.2, 0.25) is 5.91 Å². The number of nitrogens with one attached hydrogen (secondary N) is 1. The second-order valence-corrected chi connectivity index (χ2v) is 5.52. The van der Waals surface area contributed by atoms with E-state index in [2.05, 4.69) is 12.2 Å².